The van der Waals surface area contributed by atoms with Gasteiger partial charge in [0, 0.05) is 18.0 Å². The average molecular weight is 242 g/mol. The van der Waals surface area contributed by atoms with Gasteiger partial charge in [0.2, 0.25) is 0 Å². The van der Waals surface area contributed by atoms with Gasteiger partial charge in [0.05, 0.1) is 7.11 Å². The minimum atomic E-state index is -0.969. The van der Waals surface area contributed by atoms with Crippen molar-refractivity contribution in [2.45, 2.75) is 18.4 Å². The number of fused-ring (bicyclic) bond motifs is 1. The summed E-state index contributed by atoms with van der Waals surface area (Å²) in [5.41, 5.74) is 1.89. The molecule has 92 valence electrons. The van der Waals surface area contributed by atoms with Crippen molar-refractivity contribution in [1.82, 2.24) is 9.97 Å². The van der Waals surface area contributed by atoms with E-state index in [0.717, 1.165) is 12.0 Å². The van der Waals surface area contributed by atoms with E-state index in [0.29, 0.717) is 18.0 Å². The fourth-order valence-electron chi connectivity index (χ4n) is 2.53. The highest BCUT2D eigenvalue weighted by Gasteiger charge is 2.38. The Bertz CT molecular complexity index is 568. The van der Waals surface area contributed by atoms with Gasteiger partial charge >= 0.3 is 6.01 Å². The summed E-state index contributed by atoms with van der Waals surface area (Å²) in [6.07, 6.45) is 4.81. The highest BCUT2D eigenvalue weighted by atomic mass is 16.5. The SMILES string of the molecule is COc1ncc(C2(O)CCc3ccccc32)cn1. The van der Waals surface area contributed by atoms with Crippen molar-refractivity contribution in [3.8, 4) is 6.01 Å². The van der Waals surface area contributed by atoms with Crippen molar-refractivity contribution in [1.29, 1.82) is 0 Å². The summed E-state index contributed by atoms with van der Waals surface area (Å²) in [5, 5.41) is 10.9. The molecule has 1 aromatic carbocycles. The Morgan fingerprint density at radius 2 is 1.94 bits per heavy atom. The van der Waals surface area contributed by atoms with Crippen molar-refractivity contribution in [3.05, 3.63) is 53.3 Å². The molecule has 18 heavy (non-hydrogen) atoms. The molecule has 1 unspecified atom stereocenters. The van der Waals surface area contributed by atoms with Crippen molar-refractivity contribution in [2.75, 3.05) is 7.11 Å². The monoisotopic (exact) mass is 242 g/mol. The largest absolute Gasteiger partial charge is 0.467 e. The number of hydrogen-bond donors (Lipinski definition) is 1. The third-order valence-electron chi connectivity index (χ3n) is 3.51. The first-order chi connectivity index (χ1) is 8.74. The summed E-state index contributed by atoms with van der Waals surface area (Å²) in [6.45, 7) is 0. The maximum absolute atomic E-state index is 10.9. The summed E-state index contributed by atoms with van der Waals surface area (Å²) in [7, 11) is 1.52. The van der Waals surface area contributed by atoms with E-state index < -0.39 is 5.60 Å². The van der Waals surface area contributed by atoms with E-state index in [1.54, 1.807) is 12.4 Å². The molecule has 0 saturated carbocycles. The average Bonchev–Trinajstić information content (AvgIpc) is 2.78. The summed E-state index contributed by atoms with van der Waals surface area (Å²) in [4.78, 5) is 8.13. The molecule has 1 N–H and O–H groups in total. The molecule has 1 aliphatic rings. The third-order valence-corrected chi connectivity index (χ3v) is 3.51. The molecule has 0 fully saturated rings. The predicted octanol–water partition coefficient (Wildman–Crippen LogP) is 1.67. The van der Waals surface area contributed by atoms with Gasteiger partial charge in [-0.15, -0.1) is 0 Å². The van der Waals surface area contributed by atoms with Gasteiger partial charge in [-0.3, -0.25) is 0 Å². The summed E-state index contributed by atoms with van der Waals surface area (Å²) >= 11 is 0. The normalized spacial score (nSPS) is 21.7. The molecule has 1 atom stereocenters. The zero-order valence-electron chi connectivity index (χ0n) is 10.1. The topological polar surface area (TPSA) is 55.2 Å². The van der Waals surface area contributed by atoms with Gasteiger partial charge in [0.25, 0.3) is 0 Å². The molecule has 3 rings (SSSR count). The summed E-state index contributed by atoms with van der Waals surface area (Å²) < 4.78 is 4.93. The standard InChI is InChI=1S/C14H14N2O2/c1-18-13-15-8-11(9-16-13)14(17)7-6-10-4-2-3-5-12(10)14/h2-5,8-9,17H,6-7H2,1H3. The molecule has 0 amide bonds. The number of methoxy groups -OCH3 is 1. The lowest BCUT2D eigenvalue weighted by atomic mass is 9.90. The second-order valence-corrected chi connectivity index (χ2v) is 4.48. The van der Waals surface area contributed by atoms with Gasteiger partial charge in [-0.1, -0.05) is 24.3 Å². The highest BCUT2D eigenvalue weighted by molar-refractivity contribution is 5.43. The van der Waals surface area contributed by atoms with Crippen LogP contribution in [0.3, 0.4) is 0 Å². The van der Waals surface area contributed by atoms with Crippen LogP contribution >= 0.6 is 0 Å². The van der Waals surface area contributed by atoms with Crippen LogP contribution in [0.4, 0.5) is 0 Å². The van der Waals surface area contributed by atoms with Crippen molar-refractivity contribution in [3.63, 3.8) is 0 Å². The summed E-state index contributed by atoms with van der Waals surface area (Å²) in [5.74, 6) is 0. The van der Waals surface area contributed by atoms with Crippen LogP contribution in [0.1, 0.15) is 23.1 Å². The number of nitrogens with zero attached hydrogens (tertiary/aromatic N) is 2. The van der Waals surface area contributed by atoms with Gasteiger partial charge in [-0.25, -0.2) is 9.97 Å². The van der Waals surface area contributed by atoms with Gasteiger partial charge in [-0.2, -0.15) is 0 Å². The molecule has 0 saturated heterocycles. The van der Waals surface area contributed by atoms with Gasteiger partial charge in [0.15, 0.2) is 0 Å². The van der Waals surface area contributed by atoms with Gasteiger partial charge in [-0.05, 0) is 24.0 Å². The zero-order chi connectivity index (χ0) is 12.6. The Morgan fingerprint density at radius 1 is 1.22 bits per heavy atom. The van der Waals surface area contributed by atoms with Crippen LogP contribution in [-0.4, -0.2) is 22.2 Å². The smallest absolute Gasteiger partial charge is 0.316 e. The fourth-order valence-corrected chi connectivity index (χ4v) is 2.53. The lowest BCUT2D eigenvalue weighted by Crippen LogP contribution is -2.24. The molecular weight excluding hydrogens is 228 g/mol. The number of ether oxygens (including phenoxy) is 1. The lowest BCUT2D eigenvalue weighted by molar-refractivity contribution is 0.0820. The van der Waals surface area contributed by atoms with Crippen molar-refractivity contribution >= 4 is 0 Å². The van der Waals surface area contributed by atoms with Crippen LogP contribution in [0.5, 0.6) is 6.01 Å². The molecule has 4 nitrogen and oxygen atoms in total. The molecule has 1 aliphatic carbocycles. The van der Waals surface area contributed by atoms with Crippen LogP contribution in [0, 0.1) is 0 Å². The van der Waals surface area contributed by atoms with E-state index in [2.05, 4.69) is 16.0 Å². The maximum atomic E-state index is 10.9. The van der Waals surface area contributed by atoms with Crippen LogP contribution in [-0.2, 0) is 12.0 Å². The first kappa shape index (κ1) is 11.2. The molecule has 1 aromatic heterocycles. The van der Waals surface area contributed by atoms with Gasteiger partial charge in [0.1, 0.15) is 5.60 Å². The number of rotatable bonds is 2. The second-order valence-electron chi connectivity index (χ2n) is 4.48. The number of aromatic nitrogens is 2. The van der Waals surface area contributed by atoms with Crippen LogP contribution < -0.4 is 4.74 Å². The molecule has 0 spiro atoms. The minimum Gasteiger partial charge on any atom is -0.467 e. The molecule has 4 heteroatoms. The highest BCUT2D eigenvalue weighted by Crippen LogP contribution is 2.41. The summed E-state index contributed by atoms with van der Waals surface area (Å²) in [6, 6.07) is 8.27. The molecule has 0 bridgehead atoms. The van der Waals surface area contributed by atoms with Crippen LogP contribution in [0.15, 0.2) is 36.7 Å². The predicted molar refractivity (Wildman–Crippen MR) is 66.3 cm³/mol. The Labute approximate surface area is 105 Å². The van der Waals surface area contributed by atoms with Crippen molar-refractivity contribution < 1.29 is 9.84 Å². The van der Waals surface area contributed by atoms with E-state index in [9.17, 15) is 5.11 Å². The van der Waals surface area contributed by atoms with Gasteiger partial charge < -0.3 is 9.84 Å². The first-order valence-electron chi connectivity index (χ1n) is 5.91. The maximum Gasteiger partial charge on any atom is 0.316 e. The number of hydrogen-bond acceptors (Lipinski definition) is 4. The fraction of sp³-hybridized carbons (Fsp3) is 0.286. The molecule has 2 aromatic rings. The number of aliphatic hydroxyl groups is 1. The number of benzene rings is 1. The van der Waals surface area contributed by atoms with E-state index >= 15 is 0 Å². The minimum absolute atomic E-state index is 0.314. The Morgan fingerprint density at radius 3 is 2.67 bits per heavy atom. The van der Waals surface area contributed by atoms with Crippen molar-refractivity contribution in [2.24, 2.45) is 0 Å². The van der Waals surface area contributed by atoms with Crippen LogP contribution in [0.2, 0.25) is 0 Å². The van der Waals surface area contributed by atoms with E-state index in [1.807, 2.05) is 18.2 Å². The quantitative estimate of drug-likeness (QED) is 0.870. The Kier molecular flexibility index (Phi) is 2.52. The zero-order valence-corrected chi connectivity index (χ0v) is 10.1. The second kappa shape index (κ2) is 4.07. The first-order valence-corrected chi connectivity index (χ1v) is 5.91. The Balaban J connectivity index is 2.05. The molecule has 0 radical (unpaired) electrons. The lowest BCUT2D eigenvalue weighted by Gasteiger charge is -2.23. The molecule has 0 aliphatic heterocycles. The number of aryl methyl sites for hydroxylation is 1. The molecular formula is C14H14N2O2. The molecule has 1 heterocycles. The van der Waals surface area contributed by atoms with Crippen LogP contribution in [0.25, 0.3) is 0 Å². The third kappa shape index (κ3) is 1.57. The Hall–Kier alpha value is -1.94. The van der Waals surface area contributed by atoms with E-state index in [-0.39, 0.29) is 0 Å². The van der Waals surface area contributed by atoms with E-state index in [4.69, 9.17) is 4.74 Å². The van der Waals surface area contributed by atoms with E-state index in [1.165, 1.54) is 12.7 Å².